The molecule has 94 valence electrons. The second-order valence-electron chi connectivity index (χ2n) is 4.51. The summed E-state index contributed by atoms with van der Waals surface area (Å²) < 4.78 is 0. The van der Waals surface area contributed by atoms with Crippen molar-refractivity contribution in [3.8, 4) is 0 Å². The van der Waals surface area contributed by atoms with E-state index in [1.54, 1.807) is 6.33 Å². The largest absolute Gasteiger partial charge is 0.360 e. The SMILES string of the molecule is CCN(C)c1cc(N(C)C2CCNC2)ncn1. The molecule has 1 aromatic rings. The minimum atomic E-state index is 0.546. The average Bonchev–Trinajstić information content (AvgIpc) is 2.91. The van der Waals surface area contributed by atoms with Crippen LogP contribution in [0.1, 0.15) is 13.3 Å². The third kappa shape index (κ3) is 2.66. The molecule has 1 fully saturated rings. The van der Waals surface area contributed by atoms with E-state index in [0.29, 0.717) is 6.04 Å². The van der Waals surface area contributed by atoms with E-state index < -0.39 is 0 Å². The Hall–Kier alpha value is -1.36. The first-order valence-corrected chi connectivity index (χ1v) is 6.19. The zero-order valence-corrected chi connectivity index (χ0v) is 10.8. The van der Waals surface area contributed by atoms with Crippen molar-refractivity contribution in [2.75, 3.05) is 43.5 Å². The Balaban J connectivity index is 2.14. The van der Waals surface area contributed by atoms with Crippen LogP contribution in [0.15, 0.2) is 12.4 Å². The number of hydrogen-bond donors (Lipinski definition) is 1. The molecule has 5 heteroatoms. The van der Waals surface area contributed by atoms with Crippen LogP contribution in [-0.4, -0.2) is 49.7 Å². The molecule has 0 aliphatic carbocycles. The molecule has 1 saturated heterocycles. The summed E-state index contributed by atoms with van der Waals surface area (Å²) in [7, 11) is 4.15. The number of nitrogens with zero attached hydrogens (tertiary/aromatic N) is 4. The summed E-state index contributed by atoms with van der Waals surface area (Å²) in [6.07, 6.45) is 2.83. The van der Waals surface area contributed by atoms with Crippen molar-refractivity contribution in [1.82, 2.24) is 15.3 Å². The number of likely N-dealkylation sites (N-methyl/N-ethyl adjacent to an activating group) is 1. The first-order valence-electron chi connectivity index (χ1n) is 6.19. The van der Waals surface area contributed by atoms with Crippen molar-refractivity contribution < 1.29 is 0 Å². The molecule has 1 atom stereocenters. The van der Waals surface area contributed by atoms with Gasteiger partial charge in [-0.25, -0.2) is 9.97 Å². The van der Waals surface area contributed by atoms with Gasteiger partial charge < -0.3 is 15.1 Å². The van der Waals surface area contributed by atoms with Crippen LogP contribution in [0.4, 0.5) is 11.6 Å². The topological polar surface area (TPSA) is 44.3 Å². The molecular formula is C12H21N5. The Morgan fingerprint density at radius 1 is 1.35 bits per heavy atom. The minimum Gasteiger partial charge on any atom is -0.360 e. The van der Waals surface area contributed by atoms with Crippen LogP contribution < -0.4 is 15.1 Å². The molecular weight excluding hydrogens is 214 g/mol. The Labute approximate surface area is 103 Å². The van der Waals surface area contributed by atoms with Crippen LogP contribution >= 0.6 is 0 Å². The Kier molecular flexibility index (Phi) is 3.78. The number of nitrogens with one attached hydrogen (secondary N) is 1. The molecule has 2 rings (SSSR count). The van der Waals surface area contributed by atoms with Crippen molar-refractivity contribution in [2.24, 2.45) is 0 Å². The Morgan fingerprint density at radius 2 is 2.12 bits per heavy atom. The van der Waals surface area contributed by atoms with Gasteiger partial charge in [0.2, 0.25) is 0 Å². The summed E-state index contributed by atoms with van der Waals surface area (Å²) in [5.74, 6) is 1.99. The number of anilines is 2. The molecule has 0 saturated carbocycles. The van der Waals surface area contributed by atoms with Crippen molar-refractivity contribution in [2.45, 2.75) is 19.4 Å². The third-order valence-electron chi connectivity index (χ3n) is 3.45. The number of aromatic nitrogens is 2. The van der Waals surface area contributed by atoms with E-state index in [2.05, 4.69) is 45.1 Å². The van der Waals surface area contributed by atoms with Crippen LogP contribution in [-0.2, 0) is 0 Å². The van der Waals surface area contributed by atoms with Crippen LogP contribution in [0.2, 0.25) is 0 Å². The van der Waals surface area contributed by atoms with Gasteiger partial charge in [-0.2, -0.15) is 0 Å². The lowest BCUT2D eigenvalue weighted by Gasteiger charge is -2.25. The van der Waals surface area contributed by atoms with Gasteiger partial charge in [-0.05, 0) is 19.9 Å². The summed E-state index contributed by atoms with van der Waals surface area (Å²) in [5, 5.41) is 3.38. The van der Waals surface area contributed by atoms with Gasteiger partial charge in [0.1, 0.15) is 18.0 Å². The van der Waals surface area contributed by atoms with Gasteiger partial charge in [0.25, 0.3) is 0 Å². The van der Waals surface area contributed by atoms with E-state index in [4.69, 9.17) is 0 Å². The molecule has 5 nitrogen and oxygen atoms in total. The van der Waals surface area contributed by atoms with E-state index in [1.165, 1.54) is 6.42 Å². The van der Waals surface area contributed by atoms with Crippen molar-refractivity contribution in [1.29, 1.82) is 0 Å². The smallest absolute Gasteiger partial charge is 0.134 e. The molecule has 1 aliphatic heterocycles. The van der Waals surface area contributed by atoms with Crippen LogP contribution in [0.25, 0.3) is 0 Å². The first kappa shape index (κ1) is 12.1. The van der Waals surface area contributed by atoms with Crippen LogP contribution in [0.5, 0.6) is 0 Å². The van der Waals surface area contributed by atoms with E-state index in [-0.39, 0.29) is 0 Å². The van der Waals surface area contributed by atoms with Gasteiger partial charge in [0, 0.05) is 39.3 Å². The summed E-state index contributed by atoms with van der Waals surface area (Å²) in [6.45, 7) is 5.21. The lowest BCUT2D eigenvalue weighted by atomic mass is 10.2. The number of rotatable bonds is 4. The first-order chi connectivity index (χ1) is 8.22. The highest BCUT2D eigenvalue weighted by atomic mass is 15.2. The summed E-state index contributed by atoms with van der Waals surface area (Å²) in [5.41, 5.74) is 0. The molecule has 0 amide bonds. The fraction of sp³-hybridized carbons (Fsp3) is 0.667. The minimum absolute atomic E-state index is 0.546. The third-order valence-corrected chi connectivity index (χ3v) is 3.45. The van der Waals surface area contributed by atoms with Gasteiger partial charge in [0.15, 0.2) is 0 Å². The highest BCUT2D eigenvalue weighted by Gasteiger charge is 2.20. The zero-order chi connectivity index (χ0) is 12.3. The van der Waals surface area contributed by atoms with Crippen molar-refractivity contribution in [3.05, 3.63) is 12.4 Å². The Bertz CT molecular complexity index is 362. The molecule has 0 radical (unpaired) electrons. The van der Waals surface area contributed by atoms with Crippen LogP contribution in [0.3, 0.4) is 0 Å². The van der Waals surface area contributed by atoms with Gasteiger partial charge in [-0.1, -0.05) is 0 Å². The second kappa shape index (κ2) is 5.31. The monoisotopic (exact) mass is 235 g/mol. The summed E-state index contributed by atoms with van der Waals surface area (Å²) in [6, 6.07) is 2.60. The standard InChI is InChI=1S/C12H21N5/c1-4-16(2)11-7-12(15-9-14-11)17(3)10-5-6-13-8-10/h7,9-10,13H,4-6,8H2,1-3H3. The summed E-state index contributed by atoms with van der Waals surface area (Å²) >= 11 is 0. The second-order valence-corrected chi connectivity index (χ2v) is 4.51. The average molecular weight is 235 g/mol. The normalized spacial score (nSPS) is 19.4. The lowest BCUT2D eigenvalue weighted by Crippen LogP contribution is -2.34. The predicted octanol–water partition coefficient (Wildman–Crippen LogP) is 0.731. The molecule has 0 spiro atoms. The molecule has 0 aromatic carbocycles. The lowest BCUT2D eigenvalue weighted by molar-refractivity contribution is 0.676. The Morgan fingerprint density at radius 3 is 2.76 bits per heavy atom. The maximum absolute atomic E-state index is 4.36. The summed E-state index contributed by atoms with van der Waals surface area (Å²) in [4.78, 5) is 13.0. The van der Waals surface area contributed by atoms with E-state index >= 15 is 0 Å². The fourth-order valence-electron chi connectivity index (χ4n) is 2.06. The van der Waals surface area contributed by atoms with Gasteiger partial charge >= 0.3 is 0 Å². The van der Waals surface area contributed by atoms with Crippen LogP contribution in [0, 0.1) is 0 Å². The molecule has 1 aliphatic rings. The quantitative estimate of drug-likeness (QED) is 0.833. The highest BCUT2D eigenvalue weighted by Crippen LogP contribution is 2.19. The van der Waals surface area contributed by atoms with Gasteiger partial charge in [-0.3, -0.25) is 0 Å². The van der Waals surface area contributed by atoms with Gasteiger partial charge in [-0.15, -0.1) is 0 Å². The van der Waals surface area contributed by atoms with E-state index in [1.807, 2.05) is 7.05 Å². The van der Waals surface area contributed by atoms with E-state index in [0.717, 1.165) is 31.3 Å². The maximum atomic E-state index is 4.36. The maximum Gasteiger partial charge on any atom is 0.134 e. The molecule has 1 aromatic heterocycles. The number of hydrogen-bond acceptors (Lipinski definition) is 5. The van der Waals surface area contributed by atoms with E-state index in [9.17, 15) is 0 Å². The van der Waals surface area contributed by atoms with Gasteiger partial charge in [0.05, 0.1) is 0 Å². The zero-order valence-electron chi connectivity index (χ0n) is 10.8. The molecule has 1 unspecified atom stereocenters. The van der Waals surface area contributed by atoms with Crippen molar-refractivity contribution >= 4 is 11.6 Å². The predicted molar refractivity (Wildman–Crippen MR) is 70.7 cm³/mol. The molecule has 0 bridgehead atoms. The molecule has 2 heterocycles. The molecule has 17 heavy (non-hydrogen) atoms. The fourth-order valence-corrected chi connectivity index (χ4v) is 2.06. The molecule has 1 N–H and O–H groups in total. The highest BCUT2D eigenvalue weighted by molar-refractivity contribution is 5.49. The van der Waals surface area contributed by atoms with Crippen molar-refractivity contribution in [3.63, 3.8) is 0 Å².